The second kappa shape index (κ2) is 16.0. The van der Waals surface area contributed by atoms with Crippen molar-refractivity contribution in [3.8, 4) is 0 Å². The zero-order valence-corrected chi connectivity index (χ0v) is 18.7. The molecule has 0 unspecified atom stereocenters. The molecule has 0 aliphatic rings. The fourth-order valence-electron chi connectivity index (χ4n) is 2.02. The number of aliphatic imine (C=N–C) groups is 1. The highest BCUT2D eigenvalue weighted by Crippen LogP contribution is 2.23. The smallest absolute Gasteiger partial charge is 0.224 e. The lowest BCUT2D eigenvalue weighted by atomic mass is 10.2. The first-order valence-corrected chi connectivity index (χ1v) is 10.5. The van der Waals surface area contributed by atoms with Crippen LogP contribution in [0.1, 0.15) is 5.56 Å². The first kappa shape index (κ1) is 26.0. The molecule has 0 aliphatic carbocycles. The van der Waals surface area contributed by atoms with E-state index in [0.717, 1.165) is 29.3 Å². The number of nitrogens with zero attached hydrogens (tertiary/aromatic N) is 3. The van der Waals surface area contributed by atoms with Crippen LogP contribution in [-0.4, -0.2) is 52.4 Å². The average Bonchev–Trinajstić information content (AvgIpc) is 3.15. The van der Waals surface area contributed by atoms with E-state index >= 15 is 0 Å². The van der Waals surface area contributed by atoms with Crippen LogP contribution < -0.4 is 4.72 Å². The summed E-state index contributed by atoms with van der Waals surface area (Å²) < 4.78 is 3.25. The number of thiol groups is 1. The van der Waals surface area contributed by atoms with Gasteiger partial charge in [-0.05, 0) is 29.5 Å². The van der Waals surface area contributed by atoms with Crippen LogP contribution >= 0.6 is 36.2 Å². The number of fused-ring (bicyclic) bond motifs is 1. The Morgan fingerprint density at radius 1 is 1.39 bits per heavy atom. The molecule has 0 aliphatic heterocycles. The number of aromatic amines is 1. The van der Waals surface area contributed by atoms with Crippen molar-refractivity contribution in [2.75, 3.05) is 26.2 Å². The van der Waals surface area contributed by atoms with Gasteiger partial charge in [-0.15, -0.1) is 0 Å². The lowest BCUT2D eigenvalue weighted by Crippen LogP contribution is -2.01. The van der Waals surface area contributed by atoms with Crippen molar-refractivity contribution in [1.82, 2.24) is 19.7 Å². The maximum absolute atomic E-state index is 7.00. The van der Waals surface area contributed by atoms with Gasteiger partial charge in [0, 0.05) is 42.9 Å². The van der Waals surface area contributed by atoms with Crippen LogP contribution in [0.2, 0.25) is 5.28 Å². The summed E-state index contributed by atoms with van der Waals surface area (Å²) in [5.41, 5.74) is 3.55. The van der Waals surface area contributed by atoms with Crippen molar-refractivity contribution in [2.24, 2.45) is 4.99 Å². The third-order valence-electron chi connectivity index (χ3n) is 3.12. The van der Waals surface area contributed by atoms with Crippen LogP contribution in [0.4, 0.5) is 0 Å². The molecule has 0 amide bonds. The summed E-state index contributed by atoms with van der Waals surface area (Å²) in [6.07, 6.45) is 16.3. The van der Waals surface area contributed by atoms with Gasteiger partial charge in [-0.2, -0.15) is 17.6 Å². The molecule has 9 heteroatoms. The van der Waals surface area contributed by atoms with E-state index in [1.165, 1.54) is 11.9 Å². The van der Waals surface area contributed by atoms with E-state index in [1.807, 2.05) is 24.6 Å². The van der Waals surface area contributed by atoms with Crippen molar-refractivity contribution >= 4 is 59.1 Å². The lowest BCUT2D eigenvalue weighted by Gasteiger charge is -2.06. The molecule has 2 aromatic heterocycles. The summed E-state index contributed by atoms with van der Waals surface area (Å²) in [5, 5.41) is 8.10. The normalized spacial score (nSPS) is 11.4. The largest absolute Gasteiger partial charge is 0.400 e. The van der Waals surface area contributed by atoms with Gasteiger partial charge in [0.05, 0.1) is 12.2 Å². The molecule has 0 aromatic carbocycles. The zero-order chi connectivity index (χ0) is 21.4. The molecule has 0 saturated carbocycles. The van der Waals surface area contributed by atoms with Crippen molar-refractivity contribution in [3.05, 3.63) is 66.3 Å². The highest BCUT2D eigenvalue weighted by molar-refractivity contribution is 7.97. The molecule has 0 spiro atoms. The molecule has 0 fully saturated rings. The van der Waals surface area contributed by atoms with E-state index in [0.29, 0.717) is 12.2 Å². The molecule has 152 valence electrons. The monoisotopic (exact) mass is 439 g/mol. The number of hydrogen-bond donors (Lipinski definition) is 4. The Kier molecular flexibility index (Phi) is 14.9. The fourth-order valence-corrected chi connectivity index (χ4v) is 2.55. The minimum Gasteiger partial charge on any atom is -0.400 e. The third-order valence-corrected chi connectivity index (χ3v) is 3.73. The number of allylic oxidation sites excluding steroid dienone is 3. The van der Waals surface area contributed by atoms with Gasteiger partial charge in [0.25, 0.3) is 0 Å². The Morgan fingerprint density at radius 3 is 2.71 bits per heavy atom. The van der Waals surface area contributed by atoms with Gasteiger partial charge in [-0.3, -0.25) is 4.99 Å². The zero-order valence-electron chi connectivity index (χ0n) is 16.2. The van der Waals surface area contributed by atoms with Crippen molar-refractivity contribution in [3.63, 3.8) is 0 Å². The van der Waals surface area contributed by atoms with E-state index in [1.54, 1.807) is 30.8 Å². The molecule has 3 N–H and O–H groups in total. The second-order valence-electron chi connectivity index (χ2n) is 4.66. The fraction of sp³-hybridized carbons (Fsp3) is 0.211. The van der Waals surface area contributed by atoms with Gasteiger partial charge in [-0.25, -0.2) is 4.98 Å². The van der Waals surface area contributed by atoms with E-state index in [2.05, 4.69) is 50.5 Å². The second-order valence-corrected chi connectivity index (χ2v) is 5.61. The Balaban J connectivity index is 0.00000171. The van der Waals surface area contributed by atoms with Crippen LogP contribution in [0.5, 0.6) is 0 Å². The average molecular weight is 440 g/mol. The molecule has 0 radical (unpaired) electrons. The van der Waals surface area contributed by atoms with E-state index in [4.69, 9.17) is 16.7 Å². The van der Waals surface area contributed by atoms with Crippen molar-refractivity contribution in [1.29, 1.82) is 0 Å². The summed E-state index contributed by atoms with van der Waals surface area (Å²) in [4.78, 5) is 15.7. The van der Waals surface area contributed by atoms with Gasteiger partial charge in [0.1, 0.15) is 5.65 Å². The predicted molar refractivity (Wildman–Crippen MR) is 128 cm³/mol. The van der Waals surface area contributed by atoms with E-state index in [-0.39, 0.29) is 5.28 Å². The highest BCUT2D eigenvalue weighted by Gasteiger charge is 2.10. The number of nitrogens with one attached hydrogen (secondary N) is 2. The Hall–Kier alpha value is -2.00. The summed E-state index contributed by atoms with van der Waals surface area (Å²) >= 11 is 10.8. The summed E-state index contributed by atoms with van der Waals surface area (Å²) in [5.74, 6) is 0. The molecule has 2 heterocycles. The minimum absolute atomic E-state index is 0.215. The van der Waals surface area contributed by atoms with Crippen LogP contribution in [0.3, 0.4) is 0 Å². The van der Waals surface area contributed by atoms with Gasteiger partial charge in [-0.1, -0.05) is 43.3 Å². The molecule has 0 bridgehead atoms. The summed E-state index contributed by atoms with van der Waals surface area (Å²) in [6, 6.07) is 0. The number of aliphatic hydroxyl groups is 1. The van der Waals surface area contributed by atoms with Gasteiger partial charge < -0.3 is 14.8 Å². The standard InChI is InChI=1S/C17H18ClN5S.CH4O.CH4S/c1-4-6-12(5-2)9-19-8-7-15(23-24-3)13-10-20-16-14(13)11-21-17(18)22-16;2*1-2/h4-8,10-11,23H,1-2,9H2,3H3,(H,20,21,22);2*2H,1H3/b12-6+,15-7-,19-8?;;. The first-order chi connectivity index (χ1) is 13.7. The quantitative estimate of drug-likeness (QED) is 0.161. The number of aromatic nitrogens is 3. The van der Waals surface area contributed by atoms with Crippen LogP contribution in [0.15, 0.2) is 60.4 Å². The maximum Gasteiger partial charge on any atom is 0.224 e. The van der Waals surface area contributed by atoms with Crippen molar-refractivity contribution < 1.29 is 5.11 Å². The lowest BCUT2D eigenvalue weighted by molar-refractivity contribution is 0.399. The molecule has 0 atom stereocenters. The molecule has 0 saturated heterocycles. The number of halogens is 1. The van der Waals surface area contributed by atoms with E-state index in [9.17, 15) is 0 Å². The Labute approximate surface area is 181 Å². The van der Waals surface area contributed by atoms with Crippen LogP contribution in [-0.2, 0) is 0 Å². The highest BCUT2D eigenvalue weighted by atomic mass is 35.5. The topological polar surface area (TPSA) is 86.2 Å². The molecular formula is C19H26ClN5OS2. The summed E-state index contributed by atoms with van der Waals surface area (Å²) in [6.45, 7) is 7.97. The van der Waals surface area contributed by atoms with Crippen molar-refractivity contribution in [2.45, 2.75) is 0 Å². The number of aliphatic hydroxyl groups excluding tert-OH is 1. The Bertz CT molecular complexity index is 831. The first-order valence-electron chi connectivity index (χ1n) is 8.02. The minimum atomic E-state index is 0.215. The van der Waals surface area contributed by atoms with Gasteiger partial charge >= 0.3 is 0 Å². The third kappa shape index (κ3) is 8.35. The molecule has 6 nitrogen and oxygen atoms in total. The maximum atomic E-state index is 7.00. The number of H-pyrrole nitrogens is 1. The molecule has 28 heavy (non-hydrogen) atoms. The molecule has 2 aromatic rings. The van der Waals surface area contributed by atoms with E-state index < -0.39 is 0 Å². The molecular weight excluding hydrogens is 414 g/mol. The number of rotatable bonds is 8. The number of hydrogen-bond acceptors (Lipinski definition) is 7. The SMILES string of the molecule is C=C/C=C(\C=C)CN=C/C=C(\NSC)c1c[nH]c2nc(Cl)ncc12.CO.CS. The summed E-state index contributed by atoms with van der Waals surface area (Å²) in [7, 11) is 1.00. The van der Waals surface area contributed by atoms with Crippen LogP contribution in [0.25, 0.3) is 16.7 Å². The van der Waals surface area contributed by atoms with Gasteiger partial charge in [0.2, 0.25) is 5.28 Å². The Morgan fingerprint density at radius 2 is 2.11 bits per heavy atom. The van der Waals surface area contributed by atoms with Gasteiger partial charge in [0.15, 0.2) is 0 Å². The predicted octanol–water partition coefficient (Wildman–Crippen LogP) is 4.34. The molecule has 2 rings (SSSR count). The van der Waals surface area contributed by atoms with Crippen LogP contribution in [0, 0.1) is 0 Å².